The average molecular weight is 384 g/mol. The van der Waals surface area contributed by atoms with E-state index in [1.165, 1.54) is 46.3 Å². The van der Waals surface area contributed by atoms with Crippen LogP contribution in [0.3, 0.4) is 0 Å². The minimum atomic E-state index is 0.521. The molecule has 1 unspecified atom stereocenters. The zero-order chi connectivity index (χ0) is 18.1. The first-order valence-corrected chi connectivity index (χ1v) is 11.5. The first-order valence-electron chi connectivity index (χ1n) is 9.43. The molecule has 1 aliphatic rings. The van der Waals surface area contributed by atoms with Crippen LogP contribution in [0.5, 0.6) is 0 Å². The first-order chi connectivity index (χ1) is 12.7. The van der Waals surface area contributed by atoms with E-state index in [2.05, 4.69) is 43.4 Å². The van der Waals surface area contributed by atoms with Gasteiger partial charge in [0.25, 0.3) is 0 Å². The average Bonchev–Trinajstić information content (AvgIpc) is 3.06. The largest absolute Gasteiger partial charge is 0.339 e. The van der Waals surface area contributed by atoms with Crippen LogP contribution in [-0.4, -0.2) is 16.2 Å². The third-order valence-electron chi connectivity index (χ3n) is 5.33. The predicted octanol–water partition coefficient (Wildman–Crippen LogP) is 6.55. The quantitative estimate of drug-likeness (QED) is 0.400. The van der Waals surface area contributed by atoms with Crippen LogP contribution in [0, 0.1) is 0 Å². The highest BCUT2D eigenvalue weighted by Gasteiger charge is 2.22. The van der Waals surface area contributed by atoms with Gasteiger partial charge in [-0.25, -0.2) is 9.97 Å². The SMILES string of the molecule is CCC(C)c1ccccc1Nc1nc(SC)nc2sc3c(c12)CCCC3. The monoisotopic (exact) mass is 383 g/mol. The molecule has 1 aromatic carbocycles. The minimum Gasteiger partial charge on any atom is -0.339 e. The summed E-state index contributed by atoms with van der Waals surface area (Å²) in [4.78, 5) is 12.3. The maximum Gasteiger partial charge on any atom is 0.190 e. The summed E-state index contributed by atoms with van der Waals surface area (Å²) in [6, 6.07) is 8.63. The number of benzene rings is 1. The number of fused-ring (bicyclic) bond motifs is 3. The molecule has 3 aromatic rings. The number of rotatable bonds is 5. The van der Waals surface area contributed by atoms with Gasteiger partial charge in [-0.1, -0.05) is 43.8 Å². The second-order valence-electron chi connectivity index (χ2n) is 6.97. The van der Waals surface area contributed by atoms with Crippen molar-refractivity contribution >= 4 is 44.8 Å². The van der Waals surface area contributed by atoms with Gasteiger partial charge in [-0.05, 0) is 61.5 Å². The number of thiophene rings is 1. The van der Waals surface area contributed by atoms with E-state index in [-0.39, 0.29) is 0 Å². The Hall–Kier alpha value is -1.59. The molecule has 0 radical (unpaired) electrons. The van der Waals surface area contributed by atoms with E-state index < -0.39 is 0 Å². The van der Waals surface area contributed by atoms with Gasteiger partial charge in [0.1, 0.15) is 10.6 Å². The third-order valence-corrected chi connectivity index (χ3v) is 7.07. The number of aryl methyl sites for hydroxylation is 2. The fourth-order valence-corrected chi connectivity index (χ4v) is 5.39. The van der Waals surface area contributed by atoms with E-state index >= 15 is 0 Å². The summed E-state index contributed by atoms with van der Waals surface area (Å²) >= 11 is 3.48. The lowest BCUT2D eigenvalue weighted by Gasteiger charge is -2.17. The molecule has 1 aliphatic carbocycles. The van der Waals surface area contributed by atoms with Gasteiger partial charge in [0.05, 0.1) is 5.39 Å². The van der Waals surface area contributed by atoms with E-state index in [0.717, 1.165) is 28.6 Å². The Morgan fingerprint density at radius 3 is 2.81 bits per heavy atom. The maximum atomic E-state index is 4.87. The Morgan fingerprint density at radius 1 is 1.19 bits per heavy atom. The normalized spacial score (nSPS) is 15.0. The topological polar surface area (TPSA) is 37.8 Å². The molecule has 2 aromatic heterocycles. The van der Waals surface area contributed by atoms with Gasteiger partial charge >= 0.3 is 0 Å². The molecule has 26 heavy (non-hydrogen) atoms. The second-order valence-corrected chi connectivity index (χ2v) is 8.83. The molecule has 0 saturated carbocycles. The zero-order valence-electron chi connectivity index (χ0n) is 15.6. The van der Waals surface area contributed by atoms with E-state index in [9.17, 15) is 0 Å². The molecular weight excluding hydrogens is 358 g/mol. The van der Waals surface area contributed by atoms with Crippen LogP contribution in [-0.2, 0) is 12.8 Å². The lowest BCUT2D eigenvalue weighted by molar-refractivity contribution is 0.700. The maximum absolute atomic E-state index is 4.87. The van der Waals surface area contributed by atoms with E-state index in [4.69, 9.17) is 9.97 Å². The van der Waals surface area contributed by atoms with Crippen LogP contribution in [0.1, 0.15) is 55.0 Å². The Labute approximate surface area is 163 Å². The van der Waals surface area contributed by atoms with Crippen molar-refractivity contribution in [3.05, 3.63) is 40.3 Å². The number of anilines is 2. The lowest BCUT2D eigenvalue weighted by atomic mass is 9.96. The fourth-order valence-electron chi connectivity index (χ4n) is 3.71. The number of thioether (sulfide) groups is 1. The molecule has 0 aliphatic heterocycles. The first kappa shape index (κ1) is 17.8. The molecule has 0 fully saturated rings. The van der Waals surface area contributed by atoms with Crippen molar-refractivity contribution in [3.8, 4) is 0 Å². The van der Waals surface area contributed by atoms with E-state index in [1.54, 1.807) is 11.8 Å². The molecule has 4 rings (SSSR count). The molecular formula is C21H25N3S2. The molecule has 0 amide bonds. The van der Waals surface area contributed by atoms with Crippen molar-refractivity contribution in [2.24, 2.45) is 0 Å². The van der Waals surface area contributed by atoms with E-state index in [0.29, 0.717) is 5.92 Å². The van der Waals surface area contributed by atoms with Crippen molar-refractivity contribution in [3.63, 3.8) is 0 Å². The Bertz CT molecular complexity index is 932. The summed E-state index contributed by atoms with van der Waals surface area (Å²) in [6.07, 6.45) is 8.08. The summed E-state index contributed by atoms with van der Waals surface area (Å²) in [5.74, 6) is 1.50. The van der Waals surface area contributed by atoms with Crippen molar-refractivity contribution < 1.29 is 0 Å². The molecule has 1 N–H and O–H groups in total. The summed E-state index contributed by atoms with van der Waals surface area (Å²) in [7, 11) is 0. The molecule has 5 heteroatoms. The highest BCUT2D eigenvalue weighted by atomic mass is 32.2. The summed E-state index contributed by atoms with van der Waals surface area (Å²) in [5, 5.41) is 5.78. The van der Waals surface area contributed by atoms with Crippen LogP contribution in [0.2, 0.25) is 0 Å². The van der Waals surface area contributed by atoms with Gasteiger partial charge in [0, 0.05) is 10.6 Å². The van der Waals surface area contributed by atoms with Gasteiger partial charge in [0.15, 0.2) is 5.16 Å². The van der Waals surface area contributed by atoms with Gasteiger partial charge in [-0.2, -0.15) is 0 Å². The van der Waals surface area contributed by atoms with Crippen LogP contribution >= 0.6 is 23.1 Å². The van der Waals surface area contributed by atoms with Crippen molar-refractivity contribution in [1.82, 2.24) is 9.97 Å². The summed E-state index contributed by atoms with van der Waals surface area (Å²) < 4.78 is 0. The van der Waals surface area contributed by atoms with Crippen LogP contribution < -0.4 is 5.32 Å². The number of hydrogen-bond acceptors (Lipinski definition) is 5. The van der Waals surface area contributed by atoms with Gasteiger partial charge < -0.3 is 5.32 Å². The third kappa shape index (κ3) is 3.23. The molecule has 3 nitrogen and oxygen atoms in total. The van der Waals surface area contributed by atoms with Gasteiger partial charge in [-0.3, -0.25) is 0 Å². The Balaban J connectivity index is 1.85. The molecule has 0 spiro atoms. The van der Waals surface area contributed by atoms with Gasteiger partial charge in [-0.15, -0.1) is 11.3 Å². The van der Waals surface area contributed by atoms with Crippen molar-refractivity contribution in [2.75, 3.05) is 11.6 Å². The molecule has 0 saturated heterocycles. The van der Waals surface area contributed by atoms with Crippen LogP contribution in [0.4, 0.5) is 11.5 Å². The zero-order valence-corrected chi connectivity index (χ0v) is 17.3. The number of hydrogen-bond donors (Lipinski definition) is 1. The highest BCUT2D eigenvalue weighted by molar-refractivity contribution is 7.98. The smallest absolute Gasteiger partial charge is 0.190 e. The molecule has 136 valence electrons. The molecule has 0 bridgehead atoms. The number of aromatic nitrogens is 2. The minimum absolute atomic E-state index is 0.521. The standard InChI is InChI=1S/C21H25N3S2/c1-4-13(2)14-9-5-7-11-16(14)22-19-18-15-10-6-8-12-17(15)26-20(18)24-21(23-19)25-3/h5,7,9,11,13H,4,6,8,10,12H2,1-3H3,(H,22,23,24). The van der Waals surface area contributed by atoms with Crippen molar-refractivity contribution in [2.45, 2.75) is 57.0 Å². The highest BCUT2D eigenvalue weighted by Crippen LogP contribution is 2.40. The molecule has 2 heterocycles. The second kappa shape index (κ2) is 7.57. The summed E-state index contributed by atoms with van der Waals surface area (Å²) in [6.45, 7) is 4.53. The van der Waals surface area contributed by atoms with Crippen LogP contribution in [0.25, 0.3) is 10.2 Å². The van der Waals surface area contributed by atoms with E-state index in [1.807, 2.05) is 17.6 Å². The predicted molar refractivity (Wildman–Crippen MR) is 114 cm³/mol. The Morgan fingerprint density at radius 2 is 2.00 bits per heavy atom. The lowest BCUT2D eigenvalue weighted by Crippen LogP contribution is -2.04. The van der Waals surface area contributed by atoms with Crippen molar-refractivity contribution in [1.29, 1.82) is 0 Å². The molecule has 1 atom stereocenters. The number of nitrogens with zero attached hydrogens (tertiary/aromatic N) is 2. The fraction of sp³-hybridized carbons (Fsp3) is 0.429. The van der Waals surface area contributed by atoms with Gasteiger partial charge in [0.2, 0.25) is 0 Å². The Kier molecular flexibility index (Phi) is 5.18. The number of para-hydroxylation sites is 1. The van der Waals surface area contributed by atoms with Crippen LogP contribution in [0.15, 0.2) is 29.4 Å². The number of nitrogens with one attached hydrogen (secondary N) is 1. The summed E-state index contributed by atoms with van der Waals surface area (Å²) in [5.41, 5.74) is 4.01.